The van der Waals surface area contributed by atoms with E-state index in [4.69, 9.17) is 5.73 Å². The molecule has 28 heavy (non-hydrogen) atoms. The fourth-order valence-electron chi connectivity index (χ4n) is 3.21. The van der Waals surface area contributed by atoms with E-state index >= 15 is 0 Å². The van der Waals surface area contributed by atoms with E-state index < -0.39 is 15.9 Å². The lowest BCUT2D eigenvalue weighted by Gasteiger charge is -2.10. The van der Waals surface area contributed by atoms with Gasteiger partial charge in [0.05, 0.1) is 16.6 Å². The number of aromatic nitrogens is 2. The summed E-state index contributed by atoms with van der Waals surface area (Å²) in [5.41, 5.74) is 6.31. The van der Waals surface area contributed by atoms with Gasteiger partial charge in [0, 0.05) is 29.4 Å². The number of nitrogens with two attached hydrogens (primary N) is 1. The van der Waals surface area contributed by atoms with Gasteiger partial charge in [-0.15, -0.1) is 0 Å². The minimum Gasteiger partial charge on any atom is -0.384 e. The standard InChI is InChI=1S/C20H18N4O3S/c21-20(25)11-12-22-17-8-4-9-18-16(17)13-23-24(18)28(26,27)19-10-3-6-14-5-1-2-7-15(14)19/h1-10,13,22H,11-12H2,(H2,21,25). The second-order valence-electron chi connectivity index (χ2n) is 6.35. The van der Waals surface area contributed by atoms with Crippen molar-refractivity contribution in [2.24, 2.45) is 5.73 Å². The molecule has 0 aliphatic heterocycles. The maximum absolute atomic E-state index is 13.4. The van der Waals surface area contributed by atoms with E-state index in [2.05, 4.69) is 10.4 Å². The number of nitrogens with zero attached hydrogens (tertiary/aromatic N) is 2. The molecule has 0 spiro atoms. The molecule has 3 aromatic carbocycles. The molecule has 1 aromatic heterocycles. The van der Waals surface area contributed by atoms with Gasteiger partial charge >= 0.3 is 0 Å². The average molecular weight is 394 g/mol. The molecule has 8 heteroatoms. The number of primary amides is 1. The van der Waals surface area contributed by atoms with Crippen molar-refractivity contribution in [1.82, 2.24) is 9.19 Å². The Bertz CT molecular complexity index is 1290. The topological polar surface area (TPSA) is 107 Å². The number of rotatable bonds is 6. The summed E-state index contributed by atoms with van der Waals surface area (Å²) < 4.78 is 27.8. The van der Waals surface area contributed by atoms with Crippen LogP contribution in [-0.2, 0) is 14.8 Å². The molecule has 0 bridgehead atoms. The molecular formula is C20H18N4O3S. The summed E-state index contributed by atoms with van der Waals surface area (Å²) in [5.74, 6) is -0.408. The summed E-state index contributed by atoms with van der Waals surface area (Å²) in [7, 11) is -3.90. The number of anilines is 1. The highest BCUT2D eigenvalue weighted by atomic mass is 32.2. The molecule has 0 fully saturated rings. The fourth-order valence-corrected chi connectivity index (χ4v) is 4.70. The molecule has 4 aromatic rings. The predicted octanol–water partition coefficient (Wildman–Crippen LogP) is 2.71. The lowest BCUT2D eigenvalue weighted by molar-refractivity contribution is -0.117. The minimum absolute atomic E-state index is 0.179. The molecule has 3 N–H and O–H groups in total. The van der Waals surface area contributed by atoms with Gasteiger partial charge in [0.25, 0.3) is 10.0 Å². The van der Waals surface area contributed by atoms with Crippen LogP contribution in [0.2, 0.25) is 0 Å². The molecule has 1 amide bonds. The highest BCUT2D eigenvalue weighted by Crippen LogP contribution is 2.29. The Kier molecular flexibility index (Phi) is 4.48. The number of fused-ring (bicyclic) bond motifs is 2. The third-order valence-corrected chi connectivity index (χ3v) is 6.18. The van der Waals surface area contributed by atoms with Crippen LogP contribution in [0, 0.1) is 0 Å². The Morgan fingerprint density at radius 2 is 1.75 bits per heavy atom. The number of benzene rings is 3. The van der Waals surface area contributed by atoms with Crippen molar-refractivity contribution in [3.63, 3.8) is 0 Å². The second-order valence-corrected chi connectivity index (χ2v) is 8.09. The van der Waals surface area contributed by atoms with E-state index in [0.717, 1.165) is 9.47 Å². The quantitative estimate of drug-likeness (QED) is 0.523. The Hall–Kier alpha value is -3.39. The molecule has 0 unspecified atom stereocenters. The predicted molar refractivity (Wildman–Crippen MR) is 109 cm³/mol. The minimum atomic E-state index is -3.90. The van der Waals surface area contributed by atoms with Gasteiger partial charge in [0.1, 0.15) is 0 Å². The first kappa shape index (κ1) is 18.0. The van der Waals surface area contributed by atoms with Crippen molar-refractivity contribution in [2.75, 3.05) is 11.9 Å². The highest BCUT2D eigenvalue weighted by molar-refractivity contribution is 7.90. The van der Waals surface area contributed by atoms with Crippen LogP contribution in [0.1, 0.15) is 6.42 Å². The van der Waals surface area contributed by atoms with Gasteiger partial charge in [-0.1, -0.05) is 42.5 Å². The summed E-state index contributed by atoms with van der Waals surface area (Å²) in [6.45, 7) is 0.357. The Morgan fingerprint density at radius 3 is 2.57 bits per heavy atom. The molecule has 0 atom stereocenters. The van der Waals surface area contributed by atoms with E-state index in [1.54, 1.807) is 36.4 Å². The summed E-state index contributed by atoms with van der Waals surface area (Å²) in [5, 5.41) is 9.39. The summed E-state index contributed by atoms with van der Waals surface area (Å²) in [6.07, 6.45) is 1.68. The van der Waals surface area contributed by atoms with Gasteiger partial charge in [-0.3, -0.25) is 4.79 Å². The van der Waals surface area contributed by atoms with Crippen LogP contribution in [0.5, 0.6) is 0 Å². The second kappa shape index (κ2) is 6.97. The van der Waals surface area contributed by atoms with Crippen LogP contribution < -0.4 is 11.1 Å². The number of hydrogen-bond donors (Lipinski definition) is 2. The maximum Gasteiger partial charge on any atom is 0.284 e. The van der Waals surface area contributed by atoms with Crippen LogP contribution in [0.3, 0.4) is 0 Å². The van der Waals surface area contributed by atoms with Crippen molar-refractivity contribution < 1.29 is 13.2 Å². The molecule has 0 saturated carbocycles. The van der Waals surface area contributed by atoms with Crippen LogP contribution in [0.25, 0.3) is 21.7 Å². The smallest absolute Gasteiger partial charge is 0.284 e. The number of hydrogen-bond acceptors (Lipinski definition) is 5. The first-order chi connectivity index (χ1) is 13.5. The molecule has 1 heterocycles. The zero-order chi connectivity index (χ0) is 19.7. The zero-order valence-electron chi connectivity index (χ0n) is 14.9. The SMILES string of the molecule is NC(=O)CCNc1cccc2c1cnn2S(=O)(=O)c1cccc2ccccc12. The van der Waals surface area contributed by atoms with Crippen molar-refractivity contribution in [3.8, 4) is 0 Å². The Balaban J connectivity index is 1.81. The Morgan fingerprint density at radius 1 is 1.00 bits per heavy atom. The zero-order valence-corrected chi connectivity index (χ0v) is 15.7. The van der Waals surface area contributed by atoms with Gasteiger partial charge in [-0.05, 0) is 23.6 Å². The Labute approximate surface area is 161 Å². The molecule has 142 valence electrons. The largest absolute Gasteiger partial charge is 0.384 e. The van der Waals surface area contributed by atoms with Gasteiger partial charge < -0.3 is 11.1 Å². The van der Waals surface area contributed by atoms with E-state index in [9.17, 15) is 13.2 Å². The first-order valence-electron chi connectivity index (χ1n) is 8.71. The molecule has 7 nitrogen and oxygen atoms in total. The molecule has 0 radical (unpaired) electrons. The number of carbonyl (C=O) groups excluding carboxylic acids is 1. The molecular weight excluding hydrogens is 376 g/mol. The normalized spacial score (nSPS) is 11.7. The van der Waals surface area contributed by atoms with Crippen molar-refractivity contribution in [3.05, 3.63) is 66.9 Å². The molecule has 0 aliphatic carbocycles. The first-order valence-corrected chi connectivity index (χ1v) is 10.1. The number of carbonyl (C=O) groups is 1. The number of amides is 1. The van der Waals surface area contributed by atoms with Gasteiger partial charge in [0.2, 0.25) is 5.91 Å². The lowest BCUT2D eigenvalue weighted by atomic mass is 10.1. The average Bonchev–Trinajstić information content (AvgIpc) is 3.13. The van der Waals surface area contributed by atoms with Crippen LogP contribution >= 0.6 is 0 Å². The van der Waals surface area contributed by atoms with Crippen molar-refractivity contribution >= 4 is 43.3 Å². The van der Waals surface area contributed by atoms with E-state index in [1.165, 1.54) is 6.20 Å². The molecule has 0 aliphatic rings. The lowest BCUT2D eigenvalue weighted by Crippen LogP contribution is -2.16. The van der Waals surface area contributed by atoms with Gasteiger partial charge in [-0.25, -0.2) is 0 Å². The third-order valence-electron chi connectivity index (χ3n) is 4.52. The summed E-state index contributed by atoms with van der Waals surface area (Å²) in [4.78, 5) is 11.1. The molecule has 0 saturated heterocycles. The monoisotopic (exact) mass is 394 g/mol. The van der Waals surface area contributed by atoms with Gasteiger partial charge in [-0.2, -0.15) is 17.6 Å². The molecule has 4 rings (SSSR count). The van der Waals surface area contributed by atoms with Crippen molar-refractivity contribution in [1.29, 1.82) is 0 Å². The van der Waals surface area contributed by atoms with Crippen molar-refractivity contribution in [2.45, 2.75) is 11.3 Å². The summed E-state index contributed by atoms with van der Waals surface area (Å²) >= 11 is 0. The summed E-state index contributed by atoms with van der Waals surface area (Å²) in [6, 6.07) is 17.8. The maximum atomic E-state index is 13.4. The third kappa shape index (κ3) is 3.07. The van der Waals surface area contributed by atoms with Crippen LogP contribution in [-0.4, -0.2) is 30.1 Å². The van der Waals surface area contributed by atoms with Crippen LogP contribution in [0.15, 0.2) is 71.8 Å². The number of nitrogens with one attached hydrogen (secondary N) is 1. The fraction of sp³-hybridized carbons (Fsp3) is 0.100. The van der Waals surface area contributed by atoms with Gasteiger partial charge in [0.15, 0.2) is 0 Å². The van der Waals surface area contributed by atoms with E-state index in [1.807, 2.05) is 24.3 Å². The van der Waals surface area contributed by atoms with E-state index in [0.29, 0.717) is 28.5 Å². The van der Waals surface area contributed by atoms with Crippen LogP contribution in [0.4, 0.5) is 5.69 Å². The highest BCUT2D eigenvalue weighted by Gasteiger charge is 2.23. The van der Waals surface area contributed by atoms with E-state index in [-0.39, 0.29) is 11.3 Å².